The van der Waals surface area contributed by atoms with Gasteiger partial charge in [0, 0.05) is 11.9 Å². The molecule has 1 unspecified atom stereocenters. The Morgan fingerprint density at radius 1 is 1.62 bits per heavy atom. The molecule has 0 aromatic carbocycles. The van der Waals surface area contributed by atoms with E-state index in [-0.39, 0.29) is 17.7 Å². The van der Waals surface area contributed by atoms with Gasteiger partial charge < -0.3 is 9.73 Å². The van der Waals surface area contributed by atoms with Gasteiger partial charge in [-0.1, -0.05) is 13.8 Å². The summed E-state index contributed by atoms with van der Waals surface area (Å²) >= 11 is 5.80. The molecule has 0 aliphatic carbocycles. The maximum absolute atomic E-state index is 11.8. The van der Waals surface area contributed by atoms with Crippen molar-refractivity contribution in [3.05, 3.63) is 17.8 Å². The first kappa shape index (κ1) is 13.0. The maximum Gasteiger partial charge on any atom is 0.289 e. The summed E-state index contributed by atoms with van der Waals surface area (Å²) in [6.07, 6.45) is 2.12. The summed E-state index contributed by atoms with van der Waals surface area (Å²) in [5, 5.41) is 2.84. The third-order valence-corrected chi connectivity index (χ3v) is 2.60. The van der Waals surface area contributed by atoms with Gasteiger partial charge in [0.15, 0.2) is 6.39 Å². The van der Waals surface area contributed by atoms with Gasteiger partial charge in [0.25, 0.3) is 5.91 Å². The van der Waals surface area contributed by atoms with Crippen molar-refractivity contribution in [3.63, 3.8) is 0 Å². The van der Waals surface area contributed by atoms with E-state index in [1.54, 1.807) is 6.92 Å². The Bertz CT molecular complexity index is 350. The molecule has 1 aromatic rings. The molecule has 0 spiro atoms. The number of alkyl halides is 1. The summed E-state index contributed by atoms with van der Waals surface area (Å²) in [5.74, 6) is 0.900. The second kappa shape index (κ2) is 5.89. The fourth-order valence-corrected chi connectivity index (χ4v) is 1.70. The number of halogens is 1. The third-order valence-electron chi connectivity index (χ3n) is 2.23. The fourth-order valence-electron chi connectivity index (χ4n) is 1.50. The molecule has 16 heavy (non-hydrogen) atoms. The number of aromatic nitrogens is 1. The van der Waals surface area contributed by atoms with Crippen molar-refractivity contribution in [1.82, 2.24) is 10.3 Å². The summed E-state index contributed by atoms with van der Waals surface area (Å²) in [7, 11) is 0. The Morgan fingerprint density at radius 2 is 2.31 bits per heavy atom. The topological polar surface area (TPSA) is 55.1 Å². The van der Waals surface area contributed by atoms with Crippen LogP contribution in [0, 0.1) is 12.8 Å². The normalized spacial score (nSPS) is 12.8. The second-order valence-electron chi connectivity index (χ2n) is 4.22. The minimum absolute atomic E-state index is 0.0290. The van der Waals surface area contributed by atoms with Crippen LogP contribution in [-0.4, -0.2) is 22.8 Å². The molecule has 0 bridgehead atoms. The summed E-state index contributed by atoms with van der Waals surface area (Å²) in [5.41, 5.74) is 0.593. The number of oxazole rings is 1. The second-order valence-corrected chi connectivity index (χ2v) is 4.53. The van der Waals surface area contributed by atoms with Gasteiger partial charge in [-0.3, -0.25) is 4.79 Å². The van der Waals surface area contributed by atoms with Crippen LogP contribution in [-0.2, 0) is 0 Å². The van der Waals surface area contributed by atoms with Crippen LogP contribution in [0.1, 0.15) is 36.5 Å². The lowest BCUT2D eigenvalue weighted by atomic mass is 10.1. The molecule has 1 aromatic heterocycles. The number of rotatable bonds is 5. The Morgan fingerprint density at radius 3 is 2.75 bits per heavy atom. The zero-order valence-electron chi connectivity index (χ0n) is 9.79. The highest BCUT2D eigenvalue weighted by molar-refractivity contribution is 6.18. The van der Waals surface area contributed by atoms with E-state index in [0.717, 1.165) is 6.42 Å². The van der Waals surface area contributed by atoms with Gasteiger partial charge in [0.2, 0.25) is 5.76 Å². The van der Waals surface area contributed by atoms with Crippen LogP contribution in [0.4, 0.5) is 0 Å². The van der Waals surface area contributed by atoms with E-state index in [9.17, 15) is 4.79 Å². The number of hydrogen-bond acceptors (Lipinski definition) is 3. The van der Waals surface area contributed by atoms with Crippen molar-refractivity contribution in [1.29, 1.82) is 0 Å². The molecule has 1 rings (SSSR count). The SMILES string of the molecule is Cc1ncoc1C(=O)NC(CCl)CC(C)C. The lowest BCUT2D eigenvalue weighted by Crippen LogP contribution is -2.37. The van der Waals surface area contributed by atoms with Crippen LogP contribution in [0.15, 0.2) is 10.8 Å². The number of amides is 1. The van der Waals surface area contributed by atoms with E-state index in [1.807, 2.05) is 0 Å². The Kier molecular flexibility index (Phi) is 4.80. The highest BCUT2D eigenvalue weighted by atomic mass is 35.5. The van der Waals surface area contributed by atoms with Crippen LogP contribution < -0.4 is 5.32 Å². The number of carbonyl (C=O) groups is 1. The van der Waals surface area contributed by atoms with Crippen molar-refractivity contribution >= 4 is 17.5 Å². The number of carbonyl (C=O) groups excluding carboxylic acids is 1. The number of aryl methyl sites for hydroxylation is 1. The molecule has 1 N–H and O–H groups in total. The van der Waals surface area contributed by atoms with Crippen molar-refractivity contribution < 1.29 is 9.21 Å². The molecule has 5 heteroatoms. The predicted molar refractivity (Wildman–Crippen MR) is 62.7 cm³/mol. The summed E-state index contributed by atoms with van der Waals surface area (Å²) < 4.78 is 5.01. The predicted octanol–water partition coefficient (Wildman–Crippen LogP) is 2.37. The first-order valence-electron chi connectivity index (χ1n) is 5.31. The molecule has 0 radical (unpaired) electrons. The monoisotopic (exact) mass is 244 g/mol. The first-order chi connectivity index (χ1) is 7.54. The van der Waals surface area contributed by atoms with Gasteiger partial charge in [-0.25, -0.2) is 4.98 Å². The molecule has 4 nitrogen and oxygen atoms in total. The van der Waals surface area contributed by atoms with Crippen molar-refractivity contribution in [2.75, 3.05) is 5.88 Å². The van der Waals surface area contributed by atoms with Crippen LogP contribution in [0.3, 0.4) is 0 Å². The number of hydrogen-bond donors (Lipinski definition) is 1. The average molecular weight is 245 g/mol. The van der Waals surface area contributed by atoms with Crippen LogP contribution in [0.2, 0.25) is 0 Å². The highest BCUT2D eigenvalue weighted by Crippen LogP contribution is 2.09. The van der Waals surface area contributed by atoms with Gasteiger partial charge in [0.1, 0.15) is 0 Å². The van der Waals surface area contributed by atoms with Gasteiger partial charge in [-0.05, 0) is 19.3 Å². The Labute approximate surface area is 100 Å². The molecule has 0 saturated heterocycles. The van der Waals surface area contributed by atoms with E-state index in [1.165, 1.54) is 6.39 Å². The fraction of sp³-hybridized carbons (Fsp3) is 0.636. The molecular formula is C11H17ClN2O2. The lowest BCUT2D eigenvalue weighted by molar-refractivity contribution is 0.0907. The molecule has 0 fully saturated rings. The number of nitrogens with one attached hydrogen (secondary N) is 1. The van der Waals surface area contributed by atoms with E-state index in [4.69, 9.17) is 16.0 Å². The van der Waals surface area contributed by atoms with Gasteiger partial charge >= 0.3 is 0 Å². The molecule has 1 atom stereocenters. The van der Waals surface area contributed by atoms with Gasteiger partial charge in [-0.2, -0.15) is 0 Å². The largest absolute Gasteiger partial charge is 0.438 e. The molecule has 0 saturated carbocycles. The summed E-state index contributed by atoms with van der Waals surface area (Å²) in [6, 6.07) is -0.0290. The first-order valence-corrected chi connectivity index (χ1v) is 5.85. The summed E-state index contributed by atoms with van der Waals surface area (Å²) in [4.78, 5) is 15.6. The molecular weight excluding hydrogens is 228 g/mol. The molecule has 1 amide bonds. The van der Waals surface area contributed by atoms with E-state index in [2.05, 4.69) is 24.1 Å². The number of nitrogens with zero attached hydrogens (tertiary/aromatic N) is 1. The molecule has 0 aliphatic rings. The van der Waals surface area contributed by atoms with Crippen molar-refractivity contribution in [2.24, 2.45) is 5.92 Å². The molecule has 1 heterocycles. The van der Waals surface area contributed by atoms with Gasteiger partial charge in [0.05, 0.1) is 5.69 Å². The highest BCUT2D eigenvalue weighted by Gasteiger charge is 2.18. The van der Waals surface area contributed by atoms with Crippen molar-refractivity contribution in [3.8, 4) is 0 Å². The summed E-state index contributed by atoms with van der Waals surface area (Å²) in [6.45, 7) is 5.91. The van der Waals surface area contributed by atoms with Crippen LogP contribution in [0.25, 0.3) is 0 Å². The minimum atomic E-state index is -0.249. The van der Waals surface area contributed by atoms with Gasteiger partial charge in [-0.15, -0.1) is 11.6 Å². The Hall–Kier alpha value is -1.03. The van der Waals surface area contributed by atoms with E-state index in [0.29, 0.717) is 17.5 Å². The smallest absolute Gasteiger partial charge is 0.289 e. The zero-order valence-corrected chi connectivity index (χ0v) is 10.5. The standard InChI is InChI=1S/C11H17ClN2O2/c1-7(2)4-9(5-12)14-11(15)10-8(3)13-6-16-10/h6-7,9H,4-5H2,1-3H3,(H,14,15). The average Bonchev–Trinajstić information content (AvgIpc) is 2.62. The van der Waals surface area contributed by atoms with Crippen LogP contribution in [0.5, 0.6) is 0 Å². The van der Waals surface area contributed by atoms with E-state index < -0.39 is 0 Å². The van der Waals surface area contributed by atoms with E-state index >= 15 is 0 Å². The van der Waals surface area contributed by atoms with Crippen LogP contribution >= 0.6 is 11.6 Å². The quantitative estimate of drug-likeness (QED) is 0.809. The molecule has 0 aliphatic heterocycles. The zero-order chi connectivity index (χ0) is 12.1. The molecule has 90 valence electrons. The van der Waals surface area contributed by atoms with Crippen molar-refractivity contribution in [2.45, 2.75) is 33.2 Å². The maximum atomic E-state index is 11.8. The Balaban J connectivity index is 2.59. The third kappa shape index (κ3) is 3.52. The minimum Gasteiger partial charge on any atom is -0.438 e. The lowest BCUT2D eigenvalue weighted by Gasteiger charge is -2.17.